The van der Waals surface area contributed by atoms with Gasteiger partial charge in [-0.1, -0.05) is 49.2 Å². The number of sulfonamides is 1. The summed E-state index contributed by atoms with van der Waals surface area (Å²) >= 11 is 1.55. The molecule has 168 valence electrons. The molecule has 0 amide bonds. The number of aliphatic carboxylic acids is 1. The first-order chi connectivity index (χ1) is 14.8. The van der Waals surface area contributed by atoms with E-state index >= 15 is 0 Å². The fourth-order valence-corrected chi connectivity index (χ4v) is 7.03. The number of nitrogens with zero attached hydrogens (tertiary/aromatic N) is 1. The second-order valence-corrected chi connectivity index (χ2v) is 11.1. The molecular weight excluding hydrogens is 437 g/mol. The number of aryl methyl sites for hydroxylation is 1. The minimum Gasteiger partial charge on any atom is -0.481 e. The Morgan fingerprint density at radius 2 is 1.87 bits per heavy atom. The Kier molecular flexibility index (Phi) is 7.78. The smallest absolute Gasteiger partial charge is 0.308 e. The third kappa shape index (κ3) is 5.30. The summed E-state index contributed by atoms with van der Waals surface area (Å²) < 4.78 is 43.0. The van der Waals surface area contributed by atoms with Gasteiger partial charge < -0.3 is 5.11 Å². The highest BCUT2D eigenvalue weighted by molar-refractivity contribution is 7.99. The molecule has 0 spiro atoms. The number of unbranched alkanes of at least 4 members (excludes halogenated alkanes) is 1. The van der Waals surface area contributed by atoms with Gasteiger partial charge in [0.25, 0.3) is 0 Å². The van der Waals surface area contributed by atoms with E-state index < -0.39 is 33.8 Å². The summed E-state index contributed by atoms with van der Waals surface area (Å²) in [5.41, 5.74) is 1.20. The Labute approximate surface area is 187 Å². The fraction of sp³-hybridized carbons (Fsp3) is 0.435. The molecule has 5 nitrogen and oxygen atoms in total. The van der Waals surface area contributed by atoms with Crippen molar-refractivity contribution in [3.05, 3.63) is 65.5 Å². The largest absolute Gasteiger partial charge is 0.481 e. The van der Waals surface area contributed by atoms with E-state index in [0.717, 1.165) is 24.2 Å². The molecule has 0 unspecified atom stereocenters. The Bertz CT molecular complexity index is 1010. The quantitative estimate of drug-likeness (QED) is 0.563. The number of rotatable bonds is 8. The van der Waals surface area contributed by atoms with Crippen LogP contribution in [0.3, 0.4) is 0 Å². The van der Waals surface area contributed by atoms with Gasteiger partial charge in [0.2, 0.25) is 10.0 Å². The van der Waals surface area contributed by atoms with Gasteiger partial charge in [0.05, 0.1) is 16.9 Å². The summed E-state index contributed by atoms with van der Waals surface area (Å²) in [5.74, 6) is -1.57. The third-order valence-electron chi connectivity index (χ3n) is 5.67. The molecule has 8 heteroatoms. The Morgan fingerprint density at radius 1 is 1.19 bits per heavy atom. The minimum absolute atomic E-state index is 0.0839. The lowest BCUT2D eigenvalue weighted by atomic mass is 9.90. The number of halogens is 1. The number of carboxylic acids is 1. The predicted molar refractivity (Wildman–Crippen MR) is 121 cm³/mol. The summed E-state index contributed by atoms with van der Waals surface area (Å²) in [6, 6.07) is 11.8. The topological polar surface area (TPSA) is 74.7 Å². The van der Waals surface area contributed by atoms with Gasteiger partial charge in [-0.05, 0) is 43.7 Å². The number of thioether (sulfide) groups is 1. The molecular formula is C23H28FNO4S2. The molecule has 2 aromatic carbocycles. The molecule has 0 bridgehead atoms. The lowest BCUT2D eigenvalue weighted by Gasteiger charge is -2.41. The van der Waals surface area contributed by atoms with Crippen molar-refractivity contribution in [2.24, 2.45) is 5.92 Å². The zero-order chi connectivity index (χ0) is 22.6. The van der Waals surface area contributed by atoms with E-state index in [0.29, 0.717) is 0 Å². The molecule has 1 fully saturated rings. The predicted octanol–water partition coefficient (Wildman–Crippen LogP) is 4.87. The van der Waals surface area contributed by atoms with E-state index in [1.807, 2.05) is 6.92 Å². The molecule has 1 aliphatic heterocycles. The Morgan fingerprint density at radius 3 is 2.48 bits per heavy atom. The molecule has 0 aliphatic carbocycles. The monoisotopic (exact) mass is 465 g/mol. The van der Waals surface area contributed by atoms with Crippen LogP contribution >= 0.6 is 11.8 Å². The molecule has 3 atom stereocenters. The molecule has 3 rings (SSSR count). The van der Waals surface area contributed by atoms with Crippen LogP contribution < -0.4 is 0 Å². The molecule has 1 heterocycles. The van der Waals surface area contributed by atoms with E-state index in [1.54, 1.807) is 42.1 Å². The van der Waals surface area contributed by atoms with Gasteiger partial charge in [0.15, 0.2) is 0 Å². The van der Waals surface area contributed by atoms with E-state index in [9.17, 15) is 22.7 Å². The lowest BCUT2D eigenvalue weighted by molar-refractivity contribution is -0.143. The van der Waals surface area contributed by atoms with Crippen molar-refractivity contribution in [2.45, 2.75) is 49.3 Å². The Hall–Kier alpha value is -1.90. The fourth-order valence-electron chi connectivity index (χ4n) is 3.88. The van der Waals surface area contributed by atoms with Gasteiger partial charge in [-0.2, -0.15) is 16.1 Å². The average molecular weight is 466 g/mol. The van der Waals surface area contributed by atoms with Crippen molar-refractivity contribution >= 4 is 27.8 Å². The molecule has 0 radical (unpaired) electrons. The maximum Gasteiger partial charge on any atom is 0.308 e. The number of hydrogen-bond acceptors (Lipinski definition) is 4. The van der Waals surface area contributed by atoms with Crippen LogP contribution in [-0.4, -0.2) is 41.3 Å². The highest BCUT2D eigenvalue weighted by Gasteiger charge is 2.45. The lowest BCUT2D eigenvalue weighted by Crippen LogP contribution is -2.49. The molecule has 2 aromatic rings. The number of hydrogen-bond donors (Lipinski definition) is 1. The maximum atomic E-state index is 14.7. The van der Waals surface area contributed by atoms with E-state index in [1.165, 1.54) is 22.5 Å². The number of carboxylic acid groups (broad SMARTS) is 1. The molecule has 1 aliphatic rings. The Balaban J connectivity index is 2.04. The standard InChI is InChI=1S/C23H28FNO4S2/c1-3-4-13-30-22-14-21(18-7-5-6-8-20(18)24)25(15-19(22)23(26)27)31(28,29)17-11-9-16(2)10-12-17/h5-12,19,21-22H,3-4,13-15H2,1-2H3,(H,26,27)/t19-,21+,22-/m1/s1. The zero-order valence-electron chi connectivity index (χ0n) is 17.7. The van der Waals surface area contributed by atoms with Crippen LogP contribution in [0.2, 0.25) is 0 Å². The van der Waals surface area contributed by atoms with Crippen LogP contribution in [0.25, 0.3) is 0 Å². The molecule has 1 saturated heterocycles. The van der Waals surface area contributed by atoms with E-state index in [4.69, 9.17) is 0 Å². The zero-order valence-corrected chi connectivity index (χ0v) is 19.3. The highest BCUT2D eigenvalue weighted by atomic mass is 32.2. The van der Waals surface area contributed by atoms with Crippen molar-refractivity contribution in [1.82, 2.24) is 4.31 Å². The van der Waals surface area contributed by atoms with Crippen LogP contribution in [0.1, 0.15) is 43.4 Å². The summed E-state index contributed by atoms with van der Waals surface area (Å²) in [6.45, 7) is 3.74. The van der Waals surface area contributed by atoms with Crippen molar-refractivity contribution in [3.8, 4) is 0 Å². The van der Waals surface area contributed by atoms with Crippen molar-refractivity contribution < 1.29 is 22.7 Å². The van der Waals surface area contributed by atoms with Crippen LogP contribution in [0, 0.1) is 18.7 Å². The van der Waals surface area contributed by atoms with Crippen molar-refractivity contribution in [2.75, 3.05) is 12.3 Å². The summed E-state index contributed by atoms with van der Waals surface area (Å²) in [7, 11) is -4.01. The van der Waals surface area contributed by atoms with Gasteiger partial charge in [0, 0.05) is 17.4 Å². The number of piperidine rings is 1. The van der Waals surface area contributed by atoms with Gasteiger partial charge in [-0.25, -0.2) is 12.8 Å². The van der Waals surface area contributed by atoms with Gasteiger partial charge >= 0.3 is 5.97 Å². The van der Waals surface area contributed by atoms with Crippen molar-refractivity contribution in [3.63, 3.8) is 0 Å². The number of carbonyl (C=O) groups is 1. The SMILES string of the molecule is CCCCS[C@@H]1C[C@@H](c2ccccc2F)N(S(=O)(=O)c2ccc(C)cc2)C[C@H]1C(=O)O. The molecule has 31 heavy (non-hydrogen) atoms. The second kappa shape index (κ2) is 10.1. The second-order valence-electron chi connectivity index (χ2n) is 7.87. The first-order valence-corrected chi connectivity index (χ1v) is 12.9. The first kappa shape index (κ1) is 23.8. The summed E-state index contributed by atoms with van der Waals surface area (Å²) in [5, 5.41) is 9.56. The third-order valence-corrected chi connectivity index (χ3v) is 9.03. The van der Waals surface area contributed by atoms with Gasteiger partial charge in [-0.3, -0.25) is 4.79 Å². The molecule has 1 N–H and O–H groups in total. The van der Waals surface area contributed by atoms with Crippen molar-refractivity contribution in [1.29, 1.82) is 0 Å². The van der Waals surface area contributed by atoms with E-state index in [2.05, 4.69) is 6.92 Å². The molecule has 0 saturated carbocycles. The average Bonchev–Trinajstić information content (AvgIpc) is 2.74. The maximum absolute atomic E-state index is 14.7. The number of benzene rings is 2. The van der Waals surface area contributed by atoms with Crippen LogP contribution in [0.15, 0.2) is 53.4 Å². The minimum atomic E-state index is -4.01. The van der Waals surface area contributed by atoms with Crippen LogP contribution in [-0.2, 0) is 14.8 Å². The summed E-state index contributed by atoms with van der Waals surface area (Å²) in [4.78, 5) is 12.1. The summed E-state index contributed by atoms with van der Waals surface area (Å²) in [6.07, 6.45) is 2.18. The molecule has 0 aromatic heterocycles. The van der Waals surface area contributed by atoms with Gasteiger partial charge in [-0.15, -0.1) is 0 Å². The van der Waals surface area contributed by atoms with E-state index in [-0.39, 0.29) is 28.7 Å². The van der Waals surface area contributed by atoms with Gasteiger partial charge in [0.1, 0.15) is 5.82 Å². The highest BCUT2D eigenvalue weighted by Crippen LogP contribution is 2.43. The first-order valence-electron chi connectivity index (χ1n) is 10.4. The van der Waals surface area contributed by atoms with Crippen LogP contribution in [0.4, 0.5) is 4.39 Å². The van der Waals surface area contributed by atoms with Crippen LogP contribution in [0.5, 0.6) is 0 Å². The normalized spacial score (nSPS) is 22.4.